The van der Waals surface area contributed by atoms with Gasteiger partial charge < -0.3 is 5.32 Å². The molecule has 4 aromatic rings. The van der Waals surface area contributed by atoms with Gasteiger partial charge in [-0.15, -0.1) is 5.10 Å². The number of non-ortho nitro benzene ring substituents is 1. The van der Waals surface area contributed by atoms with E-state index in [-0.39, 0.29) is 11.4 Å². The lowest BCUT2D eigenvalue weighted by Gasteiger charge is -2.06. The number of amides is 1. The van der Waals surface area contributed by atoms with Crippen molar-refractivity contribution in [2.45, 2.75) is 6.92 Å². The molecule has 4 rings (SSSR count). The van der Waals surface area contributed by atoms with Gasteiger partial charge in [-0.2, -0.15) is 5.10 Å². The zero-order valence-electron chi connectivity index (χ0n) is 15.3. The number of nitro benzene ring substituents is 1. The molecule has 0 saturated heterocycles. The van der Waals surface area contributed by atoms with Crippen molar-refractivity contribution >= 4 is 17.3 Å². The number of benzene rings is 2. The van der Waals surface area contributed by atoms with Crippen LogP contribution in [0, 0.1) is 17.0 Å². The van der Waals surface area contributed by atoms with Gasteiger partial charge in [0.05, 0.1) is 22.0 Å². The molecule has 29 heavy (non-hydrogen) atoms. The van der Waals surface area contributed by atoms with Crippen LogP contribution in [0.4, 0.5) is 11.4 Å². The minimum atomic E-state index is -0.490. The minimum absolute atomic E-state index is 0.0688. The number of aromatic nitrogens is 5. The molecule has 0 aliphatic carbocycles. The first kappa shape index (κ1) is 18.0. The summed E-state index contributed by atoms with van der Waals surface area (Å²) in [6.45, 7) is 1.68. The van der Waals surface area contributed by atoms with Gasteiger partial charge in [-0.3, -0.25) is 14.9 Å². The lowest BCUT2D eigenvalue weighted by molar-refractivity contribution is -0.384. The van der Waals surface area contributed by atoms with E-state index in [4.69, 9.17) is 0 Å². The van der Waals surface area contributed by atoms with Crippen molar-refractivity contribution in [2.24, 2.45) is 0 Å². The van der Waals surface area contributed by atoms with Crippen LogP contribution in [0.3, 0.4) is 0 Å². The average molecular weight is 389 g/mol. The molecule has 10 heteroatoms. The number of carbonyl (C=O) groups excluding carboxylic acids is 1. The van der Waals surface area contributed by atoms with Gasteiger partial charge >= 0.3 is 0 Å². The van der Waals surface area contributed by atoms with E-state index in [1.54, 1.807) is 42.1 Å². The molecule has 0 radical (unpaired) electrons. The lowest BCUT2D eigenvalue weighted by Crippen LogP contribution is -2.14. The SMILES string of the molecule is Cc1c(C(=O)Nc2ccc(-n3cccn3)cc2)nnn1-c1cccc([N+](=O)[O-])c1. The fourth-order valence-corrected chi connectivity index (χ4v) is 2.83. The Kier molecular flexibility index (Phi) is 4.57. The second kappa shape index (κ2) is 7.35. The maximum absolute atomic E-state index is 12.6. The van der Waals surface area contributed by atoms with Crippen LogP contribution in [-0.2, 0) is 0 Å². The predicted molar refractivity (Wildman–Crippen MR) is 104 cm³/mol. The van der Waals surface area contributed by atoms with Gasteiger partial charge in [0.2, 0.25) is 0 Å². The normalized spacial score (nSPS) is 10.7. The zero-order valence-corrected chi connectivity index (χ0v) is 15.3. The molecule has 1 amide bonds. The third-order valence-electron chi connectivity index (χ3n) is 4.29. The van der Waals surface area contributed by atoms with Crippen LogP contribution >= 0.6 is 0 Å². The Morgan fingerprint density at radius 3 is 2.59 bits per heavy atom. The van der Waals surface area contributed by atoms with Crippen LogP contribution in [-0.4, -0.2) is 35.6 Å². The first-order chi connectivity index (χ1) is 14.0. The number of rotatable bonds is 5. The summed E-state index contributed by atoms with van der Waals surface area (Å²) in [6.07, 6.45) is 3.51. The number of anilines is 1. The smallest absolute Gasteiger partial charge is 0.278 e. The second-order valence-corrected chi connectivity index (χ2v) is 6.16. The number of hydrogen-bond donors (Lipinski definition) is 1. The Morgan fingerprint density at radius 2 is 1.90 bits per heavy atom. The molecule has 0 fully saturated rings. The van der Waals surface area contributed by atoms with Crippen molar-refractivity contribution < 1.29 is 9.72 Å². The Morgan fingerprint density at radius 1 is 1.10 bits per heavy atom. The summed E-state index contributed by atoms with van der Waals surface area (Å²) in [5.74, 6) is -0.425. The van der Waals surface area contributed by atoms with Crippen LogP contribution < -0.4 is 5.32 Å². The summed E-state index contributed by atoms with van der Waals surface area (Å²) in [7, 11) is 0. The van der Waals surface area contributed by atoms with Crippen molar-refractivity contribution in [3.8, 4) is 11.4 Å². The van der Waals surface area contributed by atoms with Gasteiger partial charge in [-0.05, 0) is 43.3 Å². The summed E-state index contributed by atoms with van der Waals surface area (Å²) in [6, 6.07) is 15.0. The van der Waals surface area contributed by atoms with Gasteiger partial charge in [0.25, 0.3) is 11.6 Å². The quantitative estimate of drug-likeness (QED) is 0.414. The van der Waals surface area contributed by atoms with E-state index in [0.29, 0.717) is 17.1 Å². The zero-order chi connectivity index (χ0) is 20.4. The molecule has 10 nitrogen and oxygen atoms in total. The highest BCUT2D eigenvalue weighted by Crippen LogP contribution is 2.19. The van der Waals surface area contributed by atoms with Crippen LogP contribution in [0.2, 0.25) is 0 Å². The first-order valence-electron chi connectivity index (χ1n) is 8.61. The van der Waals surface area contributed by atoms with E-state index < -0.39 is 10.8 Å². The van der Waals surface area contributed by atoms with Gasteiger partial charge in [-0.1, -0.05) is 11.3 Å². The molecule has 0 atom stereocenters. The van der Waals surface area contributed by atoms with E-state index in [9.17, 15) is 14.9 Å². The highest BCUT2D eigenvalue weighted by atomic mass is 16.6. The molecule has 2 aromatic carbocycles. The molecular weight excluding hydrogens is 374 g/mol. The van der Waals surface area contributed by atoms with Crippen LogP contribution in [0.5, 0.6) is 0 Å². The van der Waals surface area contributed by atoms with Gasteiger partial charge in [0.1, 0.15) is 0 Å². The number of nitrogens with zero attached hydrogens (tertiary/aromatic N) is 6. The van der Waals surface area contributed by atoms with Crippen molar-refractivity contribution in [1.29, 1.82) is 0 Å². The molecule has 0 aliphatic rings. The van der Waals surface area contributed by atoms with Crippen molar-refractivity contribution in [2.75, 3.05) is 5.32 Å². The molecule has 144 valence electrons. The number of nitrogens with one attached hydrogen (secondary N) is 1. The molecule has 0 saturated carbocycles. The van der Waals surface area contributed by atoms with Gasteiger partial charge in [0, 0.05) is 30.2 Å². The van der Waals surface area contributed by atoms with Crippen molar-refractivity contribution in [1.82, 2.24) is 24.8 Å². The third kappa shape index (κ3) is 3.58. The topological polar surface area (TPSA) is 121 Å². The molecule has 2 aromatic heterocycles. The molecule has 0 aliphatic heterocycles. The highest BCUT2D eigenvalue weighted by Gasteiger charge is 2.18. The average Bonchev–Trinajstić information content (AvgIpc) is 3.38. The summed E-state index contributed by atoms with van der Waals surface area (Å²) >= 11 is 0. The van der Waals surface area contributed by atoms with E-state index in [2.05, 4.69) is 20.7 Å². The molecule has 2 heterocycles. The summed E-state index contributed by atoms with van der Waals surface area (Å²) in [5.41, 5.74) is 2.44. The van der Waals surface area contributed by atoms with Gasteiger partial charge in [0.15, 0.2) is 5.69 Å². The lowest BCUT2D eigenvalue weighted by atomic mass is 10.2. The Balaban J connectivity index is 1.54. The maximum atomic E-state index is 12.6. The Hall–Kier alpha value is -4.34. The van der Waals surface area contributed by atoms with Crippen molar-refractivity contribution in [3.05, 3.63) is 88.5 Å². The second-order valence-electron chi connectivity index (χ2n) is 6.16. The first-order valence-corrected chi connectivity index (χ1v) is 8.61. The predicted octanol–water partition coefficient (Wildman–Crippen LogP) is 2.92. The van der Waals surface area contributed by atoms with E-state index in [0.717, 1.165) is 5.69 Å². The molecule has 0 spiro atoms. The van der Waals surface area contributed by atoms with E-state index in [1.165, 1.54) is 16.8 Å². The number of carbonyl (C=O) groups is 1. The van der Waals surface area contributed by atoms with Crippen LogP contribution in [0.25, 0.3) is 11.4 Å². The third-order valence-corrected chi connectivity index (χ3v) is 4.29. The Labute approximate surface area is 164 Å². The molecular formula is C19H15N7O3. The van der Waals surface area contributed by atoms with Crippen molar-refractivity contribution in [3.63, 3.8) is 0 Å². The van der Waals surface area contributed by atoms with Crippen LogP contribution in [0.15, 0.2) is 67.0 Å². The largest absolute Gasteiger partial charge is 0.321 e. The minimum Gasteiger partial charge on any atom is -0.321 e. The van der Waals surface area contributed by atoms with E-state index in [1.807, 2.05) is 24.4 Å². The monoisotopic (exact) mass is 389 g/mol. The number of nitro groups is 1. The molecule has 0 unspecified atom stereocenters. The highest BCUT2D eigenvalue weighted by molar-refractivity contribution is 6.03. The summed E-state index contributed by atoms with van der Waals surface area (Å²) in [5, 5.41) is 25.8. The van der Waals surface area contributed by atoms with Crippen LogP contribution in [0.1, 0.15) is 16.2 Å². The summed E-state index contributed by atoms with van der Waals surface area (Å²) in [4.78, 5) is 23.1. The molecule has 0 bridgehead atoms. The summed E-state index contributed by atoms with van der Waals surface area (Å²) < 4.78 is 3.10. The molecule has 1 N–H and O–H groups in total. The Bertz CT molecular complexity index is 1180. The fraction of sp³-hybridized carbons (Fsp3) is 0.0526. The van der Waals surface area contributed by atoms with Gasteiger partial charge in [-0.25, -0.2) is 9.36 Å². The van der Waals surface area contributed by atoms with E-state index >= 15 is 0 Å². The fourth-order valence-electron chi connectivity index (χ4n) is 2.83. The number of hydrogen-bond acceptors (Lipinski definition) is 6. The standard InChI is InChI=1S/C19H15N7O3/c1-13-18(22-23-25(13)16-4-2-5-17(12-16)26(28)29)19(27)21-14-6-8-15(9-7-14)24-11-3-10-20-24/h2-12H,1H3,(H,21,27). The maximum Gasteiger partial charge on any atom is 0.278 e.